The molecule has 5 nitrogen and oxygen atoms in total. The third-order valence-electron chi connectivity index (χ3n) is 3.43. The van der Waals surface area contributed by atoms with E-state index in [-0.39, 0.29) is 17.2 Å². The second kappa shape index (κ2) is 7.45. The molecule has 2 rings (SSSR count). The second-order valence-corrected chi connectivity index (χ2v) is 4.82. The van der Waals surface area contributed by atoms with E-state index in [4.69, 9.17) is 14.2 Å². The van der Waals surface area contributed by atoms with Crippen LogP contribution in [0.15, 0.2) is 36.4 Å². The van der Waals surface area contributed by atoms with Crippen LogP contribution in [0.25, 0.3) is 6.08 Å². The molecule has 5 heteroatoms. The van der Waals surface area contributed by atoms with Gasteiger partial charge in [-0.15, -0.1) is 0 Å². The Balaban J connectivity index is 2.33. The van der Waals surface area contributed by atoms with E-state index in [0.717, 1.165) is 11.1 Å². The molecule has 0 aliphatic heterocycles. The Morgan fingerprint density at radius 1 is 0.870 bits per heavy atom. The summed E-state index contributed by atoms with van der Waals surface area (Å²) in [5.41, 5.74) is 1.46. The van der Waals surface area contributed by atoms with Gasteiger partial charge in [-0.3, -0.25) is 0 Å². The molecule has 0 spiro atoms. The zero-order valence-corrected chi connectivity index (χ0v) is 13.4. The van der Waals surface area contributed by atoms with Crippen molar-refractivity contribution < 1.29 is 24.4 Å². The fraction of sp³-hybridized carbons (Fsp3) is 0.222. The van der Waals surface area contributed by atoms with Gasteiger partial charge in [-0.25, -0.2) is 0 Å². The van der Waals surface area contributed by atoms with E-state index in [1.165, 1.54) is 21.3 Å². The van der Waals surface area contributed by atoms with Crippen molar-refractivity contribution in [2.45, 2.75) is 6.42 Å². The van der Waals surface area contributed by atoms with Gasteiger partial charge in [0.15, 0.2) is 11.5 Å². The summed E-state index contributed by atoms with van der Waals surface area (Å²) in [5.74, 6) is 1.28. The van der Waals surface area contributed by atoms with Gasteiger partial charge in [0.1, 0.15) is 5.75 Å². The Morgan fingerprint density at radius 3 is 2.13 bits per heavy atom. The van der Waals surface area contributed by atoms with Crippen molar-refractivity contribution in [2.24, 2.45) is 0 Å². The van der Waals surface area contributed by atoms with Crippen molar-refractivity contribution in [3.63, 3.8) is 0 Å². The molecule has 2 aromatic carbocycles. The summed E-state index contributed by atoms with van der Waals surface area (Å²) in [7, 11) is 4.47. The number of phenols is 2. The number of benzene rings is 2. The van der Waals surface area contributed by atoms with Crippen LogP contribution in [0, 0.1) is 0 Å². The first-order valence-electron chi connectivity index (χ1n) is 7.07. The number of ether oxygens (including phenoxy) is 3. The molecule has 0 radical (unpaired) electrons. The molecular weight excluding hydrogens is 296 g/mol. The average molecular weight is 316 g/mol. The summed E-state index contributed by atoms with van der Waals surface area (Å²) in [4.78, 5) is 0. The Hall–Kier alpha value is -2.82. The van der Waals surface area contributed by atoms with E-state index in [1.54, 1.807) is 18.2 Å². The van der Waals surface area contributed by atoms with Crippen molar-refractivity contribution in [3.05, 3.63) is 47.5 Å². The van der Waals surface area contributed by atoms with Gasteiger partial charge in [-0.05, 0) is 18.6 Å². The highest BCUT2D eigenvalue weighted by Gasteiger charge is 2.19. The Labute approximate surface area is 135 Å². The van der Waals surface area contributed by atoms with E-state index in [2.05, 4.69) is 0 Å². The zero-order chi connectivity index (χ0) is 16.8. The summed E-state index contributed by atoms with van der Waals surface area (Å²) < 4.78 is 15.8. The van der Waals surface area contributed by atoms with Gasteiger partial charge in [0.2, 0.25) is 11.5 Å². The summed E-state index contributed by atoms with van der Waals surface area (Å²) in [6.07, 6.45) is 4.17. The lowest BCUT2D eigenvalue weighted by Crippen LogP contribution is -1.99. The number of allylic oxidation sites excluding steroid dienone is 1. The van der Waals surface area contributed by atoms with E-state index in [9.17, 15) is 10.2 Å². The normalized spacial score (nSPS) is 10.7. The molecule has 0 saturated carbocycles. The fourth-order valence-electron chi connectivity index (χ4n) is 2.36. The van der Waals surface area contributed by atoms with Crippen molar-refractivity contribution in [1.29, 1.82) is 0 Å². The molecule has 2 N–H and O–H groups in total. The predicted molar refractivity (Wildman–Crippen MR) is 88.6 cm³/mol. The average Bonchev–Trinajstić information content (AvgIpc) is 2.55. The van der Waals surface area contributed by atoms with Crippen LogP contribution < -0.4 is 14.2 Å². The third-order valence-corrected chi connectivity index (χ3v) is 3.43. The van der Waals surface area contributed by atoms with Crippen molar-refractivity contribution in [3.8, 4) is 28.7 Å². The molecule has 0 saturated heterocycles. The quantitative estimate of drug-likeness (QED) is 0.855. The molecule has 0 unspecified atom stereocenters. The van der Waals surface area contributed by atoms with Gasteiger partial charge >= 0.3 is 0 Å². The van der Waals surface area contributed by atoms with Gasteiger partial charge in [-0.2, -0.15) is 0 Å². The lowest BCUT2D eigenvalue weighted by Gasteiger charge is -2.16. The van der Waals surface area contributed by atoms with Crippen LogP contribution in [0.5, 0.6) is 28.7 Å². The highest BCUT2D eigenvalue weighted by Crippen LogP contribution is 2.46. The van der Waals surface area contributed by atoms with Crippen molar-refractivity contribution in [2.75, 3.05) is 21.3 Å². The number of phenolic OH excluding ortho intramolecular Hbond substituents is 2. The molecule has 0 aromatic heterocycles. The Kier molecular flexibility index (Phi) is 5.36. The maximum atomic E-state index is 10.1. The zero-order valence-electron chi connectivity index (χ0n) is 13.4. The van der Waals surface area contributed by atoms with Gasteiger partial charge in [0, 0.05) is 11.1 Å². The van der Waals surface area contributed by atoms with Gasteiger partial charge in [0.25, 0.3) is 0 Å². The summed E-state index contributed by atoms with van der Waals surface area (Å²) in [6, 6.07) is 8.64. The molecule has 0 fully saturated rings. The number of rotatable bonds is 6. The van der Waals surface area contributed by atoms with Crippen LogP contribution in [-0.2, 0) is 6.42 Å². The molecule has 0 amide bonds. The molecule has 0 aliphatic carbocycles. The highest BCUT2D eigenvalue weighted by atomic mass is 16.5. The fourth-order valence-corrected chi connectivity index (χ4v) is 2.36. The van der Waals surface area contributed by atoms with E-state index >= 15 is 0 Å². The number of para-hydroxylation sites is 1. The second-order valence-electron chi connectivity index (χ2n) is 4.82. The SMILES string of the molecule is COc1c(O)cc(C/C=C\c2ccccc2O)c(OC)c1OC. The maximum Gasteiger partial charge on any atom is 0.207 e. The molecule has 2 aromatic rings. The molecule has 0 bridgehead atoms. The maximum absolute atomic E-state index is 10.1. The van der Waals surface area contributed by atoms with Gasteiger partial charge < -0.3 is 24.4 Å². The molecular formula is C18H20O5. The number of aromatic hydroxyl groups is 2. The minimum atomic E-state index is -0.0175. The standard InChI is InChI=1S/C18H20O5/c1-21-16-13(11-15(20)17(22-2)18(16)23-3)9-6-8-12-7-4-5-10-14(12)19/h4-8,10-11,19-20H,9H2,1-3H3/b8-6-. The van der Waals surface area contributed by atoms with E-state index in [1.807, 2.05) is 24.3 Å². The lowest BCUT2D eigenvalue weighted by molar-refractivity contribution is 0.309. The third kappa shape index (κ3) is 3.51. The Bertz CT molecular complexity index is 707. The van der Waals surface area contributed by atoms with Crippen LogP contribution in [0.3, 0.4) is 0 Å². The van der Waals surface area contributed by atoms with Crippen LogP contribution in [0.2, 0.25) is 0 Å². The minimum absolute atomic E-state index is 0.0175. The van der Waals surface area contributed by atoms with Crippen molar-refractivity contribution >= 4 is 6.08 Å². The first-order chi connectivity index (χ1) is 11.1. The topological polar surface area (TPSA) is 68.2 Å². The van der Waals surface area contributed by atoms with Crippen LogP contribution in [-0.4, -0.2) is 31.5 Å². The summed E-state index contributed by atoms with van der Waals surface area (Å²) in [5, 5.41) is 19.8. The molecule has 0 heterocycles. The Morgan fingerprint density at radius 2 is 1.52 bits per heavy atom. The largest absolute Gasteiger partial charge is 0.507 e. The van der Waals surface area contributed by atoms with Crippen LogP contribution in [0.1, 0.15) is 11.1 Å². The van der Waals surface area contributed by atoms with Gasteiger partial charge in [0.05, 0.1) is 21.3 Å². The monoisotopic (exact) mass is 316 g/mol. The molecule has 0 atom stereocenters. The lowest BCUT2D eigenvalue weighted by atomic mass is 10.1. The predicted octanol–water partition coefficient (Wildman–Crippen LogP) is 3.38. The summed E-state index contributed by atoms with van der Waals surface area (Å²) >= 11 is 0. The van der Waals surface area contributed by atoms with Crippen LogP contribution >= 0.6 is 0 Å². The number of hydrogen-bond acceptors (Lipinski definition) is 5. The number of methoxy groups -OCH3 is 3. The van der Waals surface area contributed by atoms with Crippen LogP contribution in [0.4, 0.5) is 0 Å². The van der Waals surface area contributed by atoms with Crippen molar-refractivity contribution in [1.82, 2.24) is 0 Å². The number of hydrogen-bond donors (Lipinski definition) is 2. The first-order valence-corrected chi connectivity index (χ1v) is 7.07. The minimum Gasteiger partial charge on any atom is -0.507 e. The van der Waals surface area contributed by atoms with Gasteiger partial charge in [-0.1, -0.05) is 30.4 Å². The smallest absolute Gasteiger partial charge is 0.207 e. The highest BCUT2D eigenvalue weighted by molar-refractivity contribution is 5.63. The van der Waals surface area contributed by atoms with E-state index in [0.29, 0.717) is 17.9 Å². The molecule has 23 heavy (non-hydrogen) atoms. The summed E-state index contributed by atoms with van der Waals surface area (Å²) in [6.45, 7) is 0. The first kappa shape index (κ1) is 16.5. The molecule has 122 valence electrons. The van der Waals surface area contributed by atoms with E-state index < -0.39 is 0 Å². The molecule has 0 aliphatic rings.